The first-order valence-corrected chi connectivity index (χ1v) is 8.23. The molecule has 1 N–H and O–H groups in total. The fourth-order valence-electron chi connectivity index (χ4n) is 3.12. The highest BCUT2D eigenvalue weighted by Gasteiger charge is 2.13. The maximum Gasteiger partial charge on any atom is 0.251 e. The molecule has 2 aromatic carbocycles. The van der Waals surface area contributed by atoms with E-state index in [0.29, 0.717) is 12.1 Å². The van der Waals surface area contributed by atoms with Gasteiger partial charge in [-0.05, 0) is 38.1 Å². The Balaban J connectivity index is 1.56. The number of amides is 1. The minimum atomic E-state index is -0.134. The number of carbonyl (C=O) groups excluding carboxylic acids is 1. The van der Waals surface area contributed by atoms with Crippen LogP contribution >= 0.6 is 0 Å². The molecule has 4 rings (SSSR count). The van der Waals surface area contributed by atoms with Gasteiger partial charge in [-0.3, -0.25) is 4.79 Å². The number of carbonyl (C=O) groups is 1. The van der Waals surface area contributed by atoms with Crippen molar-refractivity contribution in [3.8, 4) is 0 Å². The maximum atomic E-state index is 12.5. The molecule has 5 nitrogen and oxygen atoms in total. The van der Waals surface area contributed by atoms with Crippen molar-refractivity contribution in [2.75, 3.05) is 0 Å². The molecule has 126 valence electrons. The van der Waals surface area contributed by atoms with E-state index in [2.05, 4.69) is 10.3 Å². The first-order chi connectivity index (χ1) is 12.0. The zero-order chi connectivity index (χ0) is 17.6. The topological polar surface area (TPSA) is 60.1 Å². The Labute approximate surface area is 145 Å². The molecule has 25 heavy (non-hydrogen) atoms. The molecule has 0 bridgehead atoms. The third-order valence-corrected chi connectivity index (χ3v) is 4.72. The van der Waals surface area contributed by atoms with Crippen LogP contribution in [0.25, 0.3) is 22.0 Å². The van der Waals surface area contributed by atoms with Crippen LogP contribution in [-0.2, 0) is 13.6 Å². The average molecular weight is 333 g/mol. The monoisotopic (exact) mass is 333 g/mol. The number of imidazole rings is 1. The summed E-state index contributed by atoms with van der Waals surface area (Å²) in [5.41, 5.74) is 4.34. The van der Waals surface area contributed by atoms with Gasteiger partial charge in [0.15, 0.2) is 0 Å². The number of aryl methyl sites for hydroxylation is 3. The second-order valence-corrected chi connectivity index (χ2v) is 6.25. The van der Waals surface area contributed by atoms with E-state index < -0.39 is 0 Å². The van der Waals surface area contributed by atoms with Crippen LogP contribution in [0.2, 0.25) is 0 Å². The predicted octanol–water partition coefficient (Wildman–Crippen LogP) is 3.87. The standard InChI is InChI=1S/C20H19N3O2/c1-12-15-6-4-5-7-18(15)25-19(12)11-21-20(24)14-8-9-17-16(10-14)22-13(2)23(17)3/h4-10H,11H2,1-3H3,(H,21,24). The fourth-order valence-corrected chi connectivity index (χ4v) is 3.12. The molecule has 0 saturated carbocycles. The Hall–Kier alpha value is -3.08. The van der Waals surface area contributed by atoms with Crippen molar-refractivity contribution in [2.24, 2.45) is 7.05 Å². The predicted molar refractivity (Wildman–Crippen MR) is 97.6 cm³/mol. The lowest BCUT2D eigenvalue weighted by Crippen LogP contribution is -2.22. The van der Waals surface area contributed by atoms with Crippen molar-refractivity contribution < 1.29 is 9.21 Å². The number of furan rings is 1. The van der Waals surface area contributed by atoms with E-state index in [1.54, 1.807) is 0 Å². The number of para-hydroxylation sites is 1. The van der Waals surface area contributed by atoms with E-state index >= 15 is 0 Å². The number of fused-ring (bicyclic) bond motifs is 2. The van der Waals surface area contributed by atoms with E-state index in [0.717, 1.165) is 39.2 Å². The van der Waals surface area contributed by atoms with Gasteiger partial charge in [-0.25, -0.2) is 4.98 Å². The highest BCUT2D eigenvalue weighted by Crippen LogP contribution is 2.24. The molecule has 0 aliphatic carbocycles. The number of aromatic nitrogens is 2. The molecule has 1 amide bonds. The van der Waals surface area contributed by atoms with Crippen LogP contribution in [-0.4, -0.2) is 15.5 Å². The normalized spacial score (nSPS) is 11.3. The van der Waals surface area contributed by atoms with Gasteiger partial charge < -0.3 is 14.3 Å². The van der Waals surface area contributed by atoms with E-state index in [4.69, 9.17) is 4.42 Å². The molecular weight excluding hydrogens is 314 g/mol. The Kier molecular flexibility index (Phi) is 3.57. The summed E-state index contributed by atoms with van der Waals surface area (Å²) < 4.78 is 7.85. The van der Waals surface area contributed by atoms with Crippen molar-refractivity contribution in [1.82, 2.24) is 14.9 Å². The quantitative estimate of drug-likeness (QED) is 0.619. The second kappa shape index (κ2) is 5.77. The SMILES string of the molecule is Cc1c(CNC(=O)c2ccc3c(c2)nc(C)n3C)oc2ccccc12. The van der Waals surface area contributed by atoms with Gasteiger partial charge in [0.25, 0.3) is 5.91 Å². The van der Waals surface area contributed by atoms with Crippen LogP contribution < -0.4 is 5.32 Å². The Morgan fingerprint density at radius 2 is 2.00 bits per heavy atom. The van der Waals surface area contributed by atoms with Crippen LogP contribution in [0.4, 0.5) is 0 Å². The number of nitrogens with zero attached hydrogens (tertiary/aromatic N) is 2. The Morgan fingerprint density at radius 1 is 1.20 bits per heavy atom. The van der Waals surface area contributed by atoms with Gasteiger partial charge in [0, 0.05) is 23.6 Å². The van der Waals surface area contributed by atoms with Crippen molar-refractivity contribution in [2.45, 2.75) is 20.4 Å². The lowest BCUT2D eigenvalue weighted by molar-refractivity contribution is 0.0948. The summed E-state index contributed by atoms with van der Waals surface area (Å²) in [4.78, 5) is 17.0. The van der Waals surface area contributed by atoms with E-state index in [1.807, 2.05) is 67.9 Å². The molecule has 0 fully saturated rings. The largest absolute Gasteiger partial charge is 0.459 e. The van der Waals surface area contributed by atoms with Gasteiger partial charge in [0.05, 0.1) is 17.6 Å². The molecule has 4 aromatic rings. The highest BCUT2D eigenvalue weighted by molar-refractivity contribution is 5.97. The molecule has 2 heterocycles. The third kappa shape index (κ3) is 2.58. The summed E-state index contributed by atoms with van der Waals surface area (Å²) in [6, 6.07) is 13.5. The summed E-state index contributed by atoms with van der Waals surface area (Å²) in [6.07, 6.45) is 0. The summed E-state index contributed by atoms with van der Waals surface area (Å²) in [7, 11) is 1.97. The molecule has 0 atom stereocenters. The molecular formula is C20H19N3O2. The lowest BCUT2D eigenvalue weighted by atomic mass is 10.1. The van der Waals surface area contributed by atoms with Gasteiger partial charge >= 0.3 is 0 Å². The van der Waals surface area contributed by atoms with Crippen molar-refractivity contribution in [3.05, 3.63) is 65.2 Å². The summed E-state index contributed by atoms with van der Waals surface area (Å²) in [5, 5.41) is 4.02. The smallest absolute Gasteiger partial charge is 0.251 e. The average Bonchev–Trinajstić information content (AvgIpc) is 3.09. The van der Waals surface area contributed by atoms with Gasteiger partial charge in [-0.15, -0.1) is 0 Å². The van der Waals surface area contributed by atoms with E-state index in [-0.39, 0.29) is 5.91 Å². The van der Waals surface area contributed by atoms with Crippen molar-refractivity contribution >= 4 is 27.9 Å². The van der Waals surface area contributed by atoms with Crippen LogP contribution in [0.5, 0.6) is 0 Å². The molecule has 0 radical (unpaired) electrons. The fraction of sp³-hybridized carbons (Fsp3) is 0.200. The summed E-state index contributed by atoms with van der Waals surface area (Å²) in [6.45, 7) is 4.32. The van der Waals surface area contributed by atoms with Gasteiger partial charge in [0.1, 0.15) is 17.2 Å². The van der Waals surface area contributed by atoms with E-state index in [1.165, 1.54) is 0 Å². The Morgan fingerprint density at radius 3 is 2.80 bits per heavy atom. The number of nitrogens with one attached hydrogen (secondary N) is 1. The van der Waals surface area contributed by atoms with Crippen molar-refractivity contribution in [1.29, 1.82) is 0 Å². The van der Waals surface area contributed by atoms with Gasteiger partial charge in [-0.2, -0.15) is 0 Å². The third-order valence-electron chi connectivity index (χ3n) is 4.72. The first-order valence-electron chi connectivity index (χ1n) is 8.23. The van der Waals surface area contributed by atoms with Crippen LogP contribution in [0.1, 0.15) is 27.5 Å². The van der Waals surface area contributed by atoms with Crippen LogP contribution in [0.3, 0.4) is 0 Å². The minimum Gasteiger partial charge on any atom is -0.459 e. The Bertz CT molecular complexity index is 1100. The molecule has 0 aliphatic heterocycles. The summed E-state index contributed by atoms with van der Waals surface area (Å²) >= 11 is 0. The first kappa shape index (κ1) is 15.4. The number of benzene rings is 2. The highest BCUT2D eigenvalue weighted by atomic mass is 16.3. The number of hydrogen-bond donors (Lipinski definition) is 1. The second-order valence-electron chi connectivity index (χ2n) is 6.25. The molecule has 0 saturated heterocycles. The van der Waals surface area contributed by atoms with Crippen molar-refractivity contribution in [3.63, 3.8) is 0 Å². The van der Waals surface area contributed by atoms with Gasteiger partial charge in [0.2, 0.25) is 0 Å². The molecule has 0 unspecified atom stereocenters. The maximum absolute atomic E-state index is 12.5. The van der Waals surface area contributed by atoms with Crippen LogP contribution in [0.15, 0.2) is 46.9 Å². The molecule has 5 heteroatoms. The number of hydrogen-bond acceptors (Lipinski definition) is 3. The summed E-state index contributed by atoms with van der Waals surface area (Å²) in [5.74, 6) is 1.57. The zero-order valence-electron chi connectivity index (χ0n) is 14.5. The minimum absolute atomic E-state index is 0.134. The zero-order valence-corrected chi connectivity index (χ0v) is 14.5. The molecule has 0 spiro atoms. The molecule has 0 aliphatic rings. The molecule has 2 aromatic heterocycles. The number of rotatable bonds is 3. The van der Waals surface area contributed by atoms with E-state index in [9.17, 15) is 4.79 Å². The van der Waals surface area contributed by atoms with Gasteiger partial charge in [-0.1, -0.05) is 18.2 Å². The van der Waals surface area contributed by atoms with Crippen LogP contribution in [0, 0.1) is 13.8 Å². The lowest BCUT2D eigenvalue weighted by Gasteiger charge is -2.04.